The Labute approximate surface area is 136 Å². The van der Waals surface area contributed by atoms with Crippen molar-refractivity contribution in [2.24, 2.45) is 0 Å². The number of hydrogen-bond acceptors (Lipinski definition) is 4. The van der Waals surface area contributed by atoms with Gasteiger partial charge in [0.05, 0.1) is 11.9 Å². The number of benzene rings is 2. The molecule has 0 spiro atoms. The van der Waals surface area contributed by atoms with Crippen LogP contribution < -0.4 is 4.72 Å². The monoisotopic (exact) mass is 349 g/mol. The van der Waals surface area contributed by atoms with E-state index in [0.717, 1.165) is 6.26 Å². The van der Waals surface area contributed by atoms with E-state index in [4.69, 9.17) is 4.42 Å². The molecular formula is C16H12FNO5S. The third kappa shape index (κ3) is 3.09. The van der Waals surface area contributed by atoms with Crippen LogP contribution in [0.2, 0.25) is 0 Å². The van der Waals surface area contributed by atoms with E-state index in [9.17, 15) is 22.7 Å². The van der Waals surface area contributed by atoms with Crippen molar-refractivity contribution in [2.45, 2.75) is 0 Å². The minimum absolute atomic E-state index is 0.0671. The van der Waals surface area contributed by atoms with Crippen molar-refractivity contribution in [3.8, 4) is 11.3 Å². The highest BCUT2D eigenvalue weighted by molar-refractivity contribution is 7.92. The standard InChI is InChI=1S/C16H12FNO5S/c1-24(21,22)18-11-6-7-12-13(8-11)23-15(14(12)16(19)20)9-2-4-10(17)5-3-9/h2-8,18H,1H3,(H,19,20). The van der Waals surface area contributed by atoms with Crippen LogP contribution in [0.3, 0.4) is 0 Å². The number of carboxylic acid groups (broad SMARTS) is 1. The molecule has 0 fully saturated rings. The zero-order valence-corrected chi connectivity index (χ0v) is 13.2. The van der Waals surface area contributed by atoms with Gasteiger partial charge in [0, 0.05) is 17.0 Å². The summed E-state index contributed by atoms with van der Waals surface area (Å²) in [5.74, 6) is -1.57. The number of aromatic carboxylic acids is 1. The zero-order valence-electron chi connectivity index (χ0n) is 12.4. The van der Waals surface area contributed by atoms with Gasteiger partial charge in [-0.15, -0.1) is 0 Å². The van der Waals surface area contributed by atoms with Gasteiger partial charge in [0.2, 0.25) is 10.0 Å². The van der Waals surface area contributed by atoms with E-state index in [1.165, 1.54) is 42.5 Å². The fourth-order valence-corrected chi connectivity index (χ4v) is 2.95. The first-order chi connectivity index (χ1) is 11.2. The van der Waals surface area contributed by atoms with Crippen LogP contribution >= 0.6 is 0 Å². The van der Waals surface area contributed by atoms with Gasteiger partial charge in [0.1, 0.15) is 22.7 Å². The summed E-state index contributed by atoms with van der Waals surface area (Å²) in [4.78, 5) is 11.6. The number of carbonyl (C=O) groups is 1. The molecule has 0 aliphatic rings. The van der Waals surface area contributed by atoms with Gasteiger partial charge >= 0.3 is 5.97 Å². The predicted molar refractivity (Wildman–Crippen MR) is 87.0 cm³/mol. The molecule has 3 rings (SSSR count). The Balaban J connectivity index is 2.20. The Morgan fingerprint density at radius 3 is 2.42 bits per heavy atom. The topological polar surface area (TPSA) is 96.6 Å². The SMILES string of the molecule is CS(=O)(=O)Nc1ccc2c(C(=O)O)c(-c3ccc(F)cc3)oc2c1. The molecule has 0 atom stereocenters. The van der Waals surface area contributed by atoms with Crippen LogP contribution in [-0.2, 0) is 10.0 Å². The summed E-state index contributed by atoms with van der Waals surface area (Å²) in [5.41, 5.74) is 0.798. The van der Waals surface area contributed by atoms with Crippen molar-refractivity contribution in [1.82, 2.24) is 0 Å². The van der Waals surface area contributed by atoms with E-state index < -0.39 is 21.8 Å². The van der Waals surface area contributed by atoms with Crippen LogP contribution in [-0.4, -0.2) is 25.7 Å². The van der Waals surface area contributed by atoms with Crippen LogP contribution in [0.15, 0.2) is 46.9 Å². The average molecular weight is 349 g/mol. The summed E-state index contributed by atoms with van der Waals surface area (Å²) in [6.07, 6.45) is 1.01. The molecule has 2 aromatic carbocycles. The normalized spacial score (nSPS) is 11.6. The zero-order chi connectivity index (χ0) is 17.5. The minimum atomic E-state index is -3.47. The van der Waals surface area contributed by atoms with Crippen LogP contribution in [0, 0.1) is 5.82 Å². The summed E-state index contributed by atoms with van der Waals surface area (Å²) in [6, 6.07) is 9.53. The van der Waals surface area contributed by atoms with Crippen LogP contribution in [0.5, 0.6) is 0 Å². The molecule has 1 aromatic heterocycles. The van der Waals surface area contributed by atoms with Crippen molar-refractivity contribution >= 4 is 32.6 Å². The fourth-order valence-electron chi connectivity index (χ4n) is 2.39. The van der Waals surface area contributed by atoms with E-state index >= 15 is 0 Å². The number of fused-ring (bicyclic) bond motifs is 1. The number of halogens is 1. The molecule has 0 saturated heterocycles. The Morgan fingerprint density at radius 1 is 1.17 bits per heavy atom. The Morgan fingerprint density at radius 2 is 1.83 bits per heavy atom. The van der Waals surface area contributed by atoms with Gasteiger partial charge in [-0.2, -0.15) is 0 Å². The van der Waals surface area contributed by atoms with Gasteiger partial charge in [-0.1, -0.05) is 0 Å². The molecule has 124 valence electrons. The summed E-state index contributed by atoms with van der Waals surface area (Å²) >= 11 is 0. The number of rotatable bonds is 4. The van der Waals surface area contributed by atoms with Crippen molar-refractivity contribution in [2.75, 3.05) is 11.0 Å². The minimum Gasteiger partial charge on any atom is -0.478 e. The lowest BCUT2D eigenvalue weighted by Gasteiger charge is -2.02. The lowest BCUT2D eigenvalue weighted by Crippen LogP contribution is -2.09. The maximum atomic E-state index is 13.1. The number of hydrogen-bond donors (Lipinski definition) is 2. The third-order valence-electron chi connectivity index (χ3n) is 3.31. The van der Waals surface area contributed by atoms with Crippen LogP contribution in [0.25, 0.3) is 22.3 Å². The molecule has 6 nitrogen and oxygen atoms in total. The molecule has 0 unspecified atom stereocenters. The van der Waals surface area contributed by atoms with Crippen molar-refractivity contribution in [3.63, 3.8) is 0 Å². The lowest BCUT2D eigenvalue weighted by molar-refractivity contribution is 0.0699. The van der Waals surface area contributed by atoms with E-state index in [1.807, 2.05) is 0 Å². The van der Waals surface area contributed by atoms with Crippen molar-refractivity contribution < 1.29 is 27.1 Å². The second-order valence-electron chi connectivity index (χ2n) is 5.20. The quantitative estimate of drug-likeness (QED) is 0.753. The molecule has 0 aliphatic carbocycles. The summed E-state index contributed by atoms with van der Waals surface area (Å²) in [6.45, 7) is 0. The van der Waals surface area contributed by atoms with Crippen LogP contribution in [0.4, 0.5) is 10.1 Å². The molecule has 0 bridgehead atoms. The van der Waals surface area contributed by atoms with Gasteiger partial charge in [-0.05, 0) is 36.4 Å². The molecule has 0 aliphatic heterocycles. The highest BCUT2D eigenvalue weighted by Gasteiger charge is 2.22. The number of furan rings is 1. The first kappa shape index (κ1) is 16.0. The first-order valence-corrected chi connectivity index (χ1v) is 8.67. The van der Waals surface area contributed by atoms with Crippen LogP contribution in [0.1, 0.15) is 10.4 Å². The highest BCUT2D eigenvalue weighted by Crippen LogP contribution is 2.35. The second-order valence-corrected chi connectivity index (χ2v) is 6.95. The maximum absolute atomic E-state index is 13.1. The van der Waals surface area contributed by atoms with Gasteiger partial charge in [0.25, 0.3) is 0 Å². The third-order valence-corrected chi connectivity index (χ3v) is 3.92. The Bertz CT molecular complexity index is 1040. The molecule has 1 heterocycles. The average Bonchev–Trinajstić information content (AvgIpc) is 2.85. The van der Waals surface area contributed by atoms with E-state index in [0.29, 0.717) is 10.9 Å². The first-order valence-electron chi connectivity index (χ1n) is 6.78. The summed E-state index contributed by atoms with van der Waals surface area (Å²) < 4.78 is 43.6. The predicted octanol–water partition coefficient (Wildman–Crippen LogP) is 3.31. The molecule has 0 radical (unpaired) electrons. The number of anilines is 1. The largest absolute Gasteiger partial charge is 0.478 e. The number of nitrogens with one attached hydrogen (secondary N) is 1. The number of sulfonamides is 1. The molecule has 0 saturated carbocycles. The Kier molecular flexibility index (Phi) is 3.76. The number of carboxylic acids is 1. The smallest absolute Gasteiger partial charge is 0.340 e. The maximum Gasteiger partial charge on any atom is 0.340 e. The highest BCUT2D eigenvalue weighted by atomic mass is 32.2. The molecular weight excluding hydrogens is 337 g/mol. The van der Waals surface area contributed by atoms with Gasteiger partial charge < -0.3 is 9.52 Å². The molecule has 2 N–H and O–H groups in total. The molecule has 3 aromatic rings. The van der Waals surface area contributed by atoms with E-state index in [1.54, 1.807) is 0 Å². The van der Waals surface area contributed by atoms with Gasteiger partial charge in [-0.25, -0.2) is 17.6 Å². The van der Waals surface area contributed by atoms with Crippen molar-refractivity contribution in [1.29, 1.82) is 0 Å². The van der Waals surface area contributed by atoms with E-state index in [-0.39, 0.29) is 22.6 Å². The second kappa shape index (κ2) is 5.64. The van der Waals surface area contributed by atoms with Gasteiger partial charge in [-0.3, -0.25) is 4.72 Å². The van der Waals surface area contributed by atoms with Crippen molar-refractivity contribution in [3.05, 3.63) is 53.8 Å². The molecule has 8 heteroatoms. The van der Waals surface area contributed by atoms with Gasteiger partial charge in [0.15, 0.2) is 0 Å². The fraction of sp³-hybridized carbons (Fsp3) is 0.0625. The summed E-state index contributed by atoms with van der Waals surface area (Å²) in [5, 5.41) is 9.80. The molecule has 0 amide bonds. The summed E-state index contributed by atoms with van der Waals surface area (Å²) in [7, 11) is -3.47. The lowest BCUT2D eigenvalue weighted by atomic mass is 10.1. The van der Waals surface area contributed by atoms with E-state index in [2.05, 4.69) is 4.72 Å². The molecule has 24 heavy (non-hydrogen) atoms. The Hall–Kier alpha value is -2.87.